The molecule has 0 aliphatic rings. The Kier molecular flexibility index (Phi) is 4.03. The van der Waals surface area contributed by atoms with E-state index in [-0.39, 0.29) is 4.90 Å². The molecule has 1 aromatic rings. The third-order valence-corrected chi connectivity index (χ3v) is 3.62. The summed E-state index contributed by atoms with van der Waals surface area (Å²) in [5.41, 5.74) is 1.05. The van der Waals surface area contributed by atoms with E-state index in [1.165, 1.54) is 19.2 Å². The quantitative estimate of drug-likeness (QED) is 0.789. The van der Waals surface area contributed by atoms with Crippen molar-refractivity contribution < 1.29 is 18.3 Å². The van der Waals surface area contributed by atoms with Crippen LogP contribution in [-0.2, 0) is 14.8 Å². The highest BCUT2D eigenvalue weighted by Gasteiger charge is 2.11. The van der Waals surface area contributed by atoms with Crippen molar-refractivity contribution in [3.8, 4) is 0 Å². The summed E-state index contributed by atoms with van der Waals surface area (Å²) in [6, 6.07) is 6.10. The van der Waals surface area contributed by atoms with E-state index in [0.29, 0.717) is 11.1 Å². The van der Waals surface area contributed by atoms with Gasteiger partial charge in [-0.15, -0.1) is 0 Å². The molecule has 0 aliphatic heterocycles. The molecule has 0 bridgehead atoms. The third kappa shape index (κ3) is 3.40. The summed E-state index contributed by atoms with van der Waals surface area (Å²) in [6.45, 7) is 1.61. The molecule has 6 heteroatoms. The highest BCUT2D eigenvalue weighted by atomic mass is 32.2. The van der Waals surface area contributed by atoms with Crippen molar-refractivity contribution in [3.05, 3.63) is 35.9 Å². The molecule has 0 unspecified atom stereocenters. The number of aliphatic carboxylic acids is 1. The van der Waals surface area contributed by atoms with E-state index in [2.05, 4.69) is 4.72 Å². The smallest absolute Gasteiger partial charge is 0.328 e. The first-order valence-electron chi connectivity index (χ1n) is 4.82. The lowest BCUT2D eigenvalue weighted by Gasteiger charge is -2.05. The van der Waals surface area contributed by atoms with Crippen LogP contribution in [-0.4, -0.2) is 26.5 Å². The van der Waals surface area contributed by atoms with Crippen LogP contribution in [0.3, 0.4) is 0 Å². The molecular formula is C11H13NO4S. The fraction of sp³-hybridized carbons (Fsp3) is 0.182. The first-order chi connectivity index (χ1) is 7.86. The van der Waals surface area contributed by atoms with E-state index in [9.17, 15) is 13.2 Å². The summed E-state index contributed by atoms with van der Waals surface area (Å²) in [5.74, 6) is -1.07. The maximum atomic E-state index is 11.6. The van der Waals surface area contributed by atoms with Gasteiger partial charge in [0.15, 0.2) is 0 Å². The predicted octanol–water partition coefficient (Wildman–Crippen LogP) is 1.08. The maximum Gasteiger partial charge on any atom is 0.328 e. The number of carboxylic acid groups (broad SMARTS) is 1. The van der Waals surface area contributed by atoms with Gasteiger partial charge < -0.3 is 5.11 Å². The highest BCUT2D eigenvalue weighted by molar-refractivity contribution is 7.89. The summed E-state index contributed by atoms with van der Waals surface area (Å²) in [7, 11) is -2.19. The second kappa shape index (κ2) is 5.11. The minimum atomic E-state index is -3.51. The number of carbonyl (C=O) groups is 1. The van der Waals surface area contributed by atoms with Gasteiger partial charge in [-0.2, -0.15) is 0 Å². The Morgan fingerprint density at radius 3 is 2.59 bits per heavy atom. The molecule has 0 spiro atoms. The Hall–Kier alpha value is -1.66. The van der Waals surface area contributed by atoms with Gasteiger partial charge in [0.05, 0.1) is 4.90 Å². The van der Waals surface area contributed by atoms with Crippen LogP contribution in [0.15, 0.2) is 35.2 Å². The lowest BCUT2D eigenvalue weighted by molar-refractivity contribution is -0.131. The van der Waals surface area contributed by atoms with Crippen LogP contribution in [0.2, 0.25) is 0 Å². The molecule has 92 valence electrons. The predicted molar refractivity (Wildman–Crippen MR) is 64.0 cm³/mol. The van der Waals surface area contributed by atoms with Crippen LogP contribution < -0.4 is 4.72 Å². The lowest BCUT2D eigenvalue weighted by Crippen LogP contribution is -2.18. The van der Waals surface area contributed by atoms with Crippen LogP contribution >= 0.6 is 0 Å². The van der Waals surface area contributed by atoms with Gasteiger partial charge in [0.2, 0.25) is 10.0 Å². The third-order valence-electron chi connectivity index (χ3n) is 2.21. The standard InChI is InChI=1S/C11H13NO4S/c1-8(6-11(13)14)9-4-3-5-10(7-9)17(15,16)12-2/h3-7,12H,1-2H3,(H,13,14)/b8-6+. The van der Waals surface area contributed by atoms with E-state index in [4.69, 9.17) is 5.11 Å². The van der Waals surface area contributed by atoms with Crippen molar-refractivity contribution in [2.75, 3.05) is 7.05 Å². The highest BCUT2D eigenvalue weighted by Crippen LogP contribution is 2.17. The summed E-state index contributed by atoms with van der Waals surface area (Å²) >= 11 is 0. The topological polar surface area (TPSA) is 83.5 Å². The monoisotopic (exact) mass is 255 g/mol. The van der Waals surface area contributed by atoms with Gasteiger partial charge in [0, 0.05) is 6.08 Å². The molecule has 1 rings (SSSR count). The molecule has 0 atom stereocenters. The molecule has 0 fully saturated rings. The van der Waals surface area contributed by atoms with Crippen molar-refractivity contribution in [2.24, 2.45) is 0 Å². The van der Waals surface area contributed by atoms with Crippen molar-refractivity contribution >= 4 is 21.6 Å². The first-order valence-corrected chi connectivity index (χ1v) is 6.30. The van der Waals surface area contributed by atoms with Crippen molar-refractivity contribution in [3.63, 3.8) is 0 Å². The first kappa shape index (κ1) is 13.4. The van der Waals surface area contributed by atoms with Crippen LogP contribution in [0.1, 0.15) is 12.5 Å². The number of rotatable bonds is 4. The van der Waals surface area contributed by atoms with Crippen molar-refractivity contribution in [1.29, 1.82) is 0 Å². The number of benzene rings is 1. The van der Waals surface area contributed by atoms with E-state index >= 15 is 0 Å². The van der Waals surface area contributed by atoms with Gasteiger partial charge in [-0.25, -0.2) is 17.9 Å². The molecule has 5 nitrogen and oxygen atoms in total. The minimum Gasteiger partial charge on any atom is -0.478 e. The van der Waals surface area contributed by atoms with E-state index in [1.807, 2.05) is 0 Å². The zero-order valence-corrected chi connectivity index (χ0v) is 10.3. The summed E-state index contributed by atoms with van der Waals surface area (Å²) in [5, 5.41) is 8.61. The molecule has 0 aliphatic carbocycles. The molecule has 0 amide bonds. The number of carboxylic acids is 1. The van der Waals surface area contributed by atoms with E-state index < -0.39 is 16.0 Å². The van der Waals surface area contributed by atoms with Crippen LogP contribution in [0.4, 0.5) is 0 Å². The molecule has 17 heavy (non-hydrogen) atoms. The number of hydrogen-bond donors (Lipinski definition) is 2. The molecule has 2 N–H and O–H groups in total. The number of nitrogens with one attached hydrogen (secondary N) is 1. The fourth-order valence-electron chi connectivity index (χ4n) is 1.29. The Morgan fingerprint density at radius 1 is 1.41 bits per heavy atom. The molecule has 0 radical (unpaired) electrons. The molecule has 0 saturated carbocycles. The van der Waals surface area contributed by atoms with Crippen molar-refractivity contribution in [1.82, 2.24) is 4.72 Å². The molecule has 0 aromatic heterocycles. The molecule has 0 heterocycles. The molecule has 1 aromatic carbocycles. The van der Waals surface area contributed by atoms with Crippen molar-refractivity contribution in [2.45, 2.75) is 11.8 Å². The van der Waals surface area contributed by atoms with Crippen LogP contribution in [0.5, 0.6) is 0 Å². The minimum absolute atomic E-state index is 0.107. The van der Waals surface area contributed by atoms with Gasteiger partial charge in [-0.05, 0) is 37.2 Å². The Labute approximate surface area is 99.8 Å². The molecule has 0 saturated heterocycles. The SMILES string of the molecule is CNS(=O)(=O)c1cccc(/C(C)=C/C(=O)O)c1. The zero-order chi connectivity index (χ0) is 13.1. The van der Waals surface area contributed by atoms with Crippen LogP contribution in [0.25, 0.3) is 5.57 Å². The number of allylic oxidation sites excluding steroid dienone is 1. The Balaban J connectivity index is 3.24. The summed E-state index contributed by atoms with van der Waals surface area (Å²) in [6.07, 6.45) is 1.03. The number of sulfonamides is 1. The second-order valence-electron chi connectivity index (χ2n) is 3.40. The largest absolute Gasteiger partial charge is 0.478 e. The fourth-order valence-corrected chi connectivity index (χ4v) is 2.07. The van der Waals surface area contributed by atoms with E-state index in [0.717, 1.165) is 6.08 Å². The van der Waals surface area contributed by atoms with Gasteiger partial charge in [-0.3, -0.25) is 0 Å². The average Bonchev–Trinajstić information content (AvgIpc) is 2.28. The maximum absolute atomic E-state index is 11.6. The van der Waals surface area contributed by atoms with Gasteiger partial charge in [-0.1, -0.05) is 12.1 Å². The van der Waals surface area contributed by atoms with Gasteiger partial charge >= 0.3 is 5.97 Å². The average molecular weight is 255 g/mol. The second-order valence-corrected chi connectivity index (χ2v) is 5.29. The Bertz CT molecular complexity index is 561. The van der Waals surface area contributed by atoms with Crippen LogP contribution in [0, 0.1) is 0 Å². The Morgan fingerprint density at radius 2 is 2.06 bits per heavy atom. The molecular weight excluding hydrogens is 242 g/mol. The van der Waals surface area contributed by atoms with Gasteiger partial charge in [0.1, 0.15) is 0 Å². The van der Waals surface area contributed by atoms with E-state index in [1.54, 1.807) is 19.1 Å². The van der Waals surface area contributed by atoms with Gasteiger partial charge in [0.25, 0.3) is 0 Å². The normalized spacial score (nSPS) is 12.5. The summed E-state index contributed by atoms with van der Waals surface area (Å²) < 4.78 is 25.3. The lowest BCUT2D eigenvalue weighted by atomic mass is 10.1. The number of hydrogen-bond acceptors (Lipinski definition) is 3. The zero-order valence-electron chi connectivity index (χ0n) is 9.47. The summed E-state index contributed by atoms with van der Waals surface area (Å²) in [4.78, 5) is 10.6.